The summed E-state index contributed by atoms with van der Waals surface area (Å²) in [6.07, 6.45) is 10.1. The number of benzene rings is 2. The Bertz CT molecular complexity index is 806. The zero-order valence-electron chi connectivity index (χ0n) is 16.9. The molecule has 29 heavy (non-hydrogen) atoms. The van der Waals surface area contributed by atoms with Crippen LogP contribution in [0.1, 0.15) is 68.9 Å². The molecule has 4 rings (SSSR count). The van der Waals surface area contributed by atoms with Crippen molar-refractivity contribution in [2.75, 3.05) is 6.61 Å². The predicted octanol–water partition coefficient (Wildman–Crippen LogP) is 6.88. The number of hydrogen-bond donors (Lipinski definition) is 0. The Labute approximate surface area is 171 Å². The van der Waals surface area contributed by atoms with Crippen molar-refractivity contribution < 1.29 is 17.9 Å². The van der Waals surface area contributed by atoms with Gasteiger partial charge in [0.1, 0.15) is 17.5 Å². The second kappa shape index (κ2) is 8.51. The highest BCUT2D eigenvalue weighted by molar-refractivity contribution is 5.28. The summed E-state index contributed by atoms with van der Waals surface area (Å²) in [6.45, 7) is 0.743. The van der Waals surface area contributed by atoms with Crippen molar-refractivity contribution in [1.82, 2.24) is 0 Å². The number of unbranched alkanes of at least 4 members (excludes halogenated alkanes) is 1. The highest BCUT2D eigenvalue weighted by Gasteiger charge is 2.47. The number of halogens is 3. The molecule has 156 valence electrons. The van der Waals surface area contributed by atoms with Crippen LogP contribution in [0.4, 0.5) is 13.2 Å². The van der Waals surface area contributed by atoms with Crippen molar-refractivity contribution >= 4 is 0 Å². The van der Waals surface area contributed by atoms with E-state index in [9.17, 15) is 13.2 Å². The Hall–Kier alpha value is -1.81. The monoisotopic (exact) mass is 402 g/mol. The van der Waals surface area contributed by atoms with Crippen molar-refractivity contribution in [3.63, 3.8) is 0 Å². The molecular formula is C25H29F3O. The van der Waals surface area contributed by atoms with Crippen LogP contribution in [0.2, 0.25) is 0 Å². The van der Waals surface area contributed by atoms with E-state index in [4.69, 9.17) is 4.74 Å². The molecule has 2 fully saturated rings. The SMILES string of the molecule is Fc1ccc([C@]2(CCCCc3cc(F)cc(F)c3)CCOC3(CCCC3)C2)cc1. The average molecular weight is 403 g/mol. The van der Waals surface area contributed by atoms with Gasteiger partial charge in [-0.1, -0.05) is 31.4 Å². The van der Waals surface area contributed by atoms with Gasteiger partial charge >= 0.3 is 0 Å². The maximum atomic E-state index is 13.5. The first kappa shape index (κ1) is 20.5. The summed E-state index contributed by atoms with van der Waals surface area (Å²) < 4.78 is 46.7. The van der Waals surface area contributed by atoms with E-state index in [0.29, 0.717) is 12.0 Å². The molecule has 1 aliphatic heterocycles. The molecule has 1 saturated carbocycles. The van der Waals surface area contributed by atoms with Crippen molar-refractivity contribution in [3.05, 3.63) is 71.0 Å². The molecule has 2 aliphatic rings. The molecule has 1 saturated heterocycles. The molecular weight excluding hydrogens is 373 g/mol. The van der Waals surface area contributed by atoms with Crippen LogP contribution in [0.15, 0.2) is 42.5 Å². The normalized spacial score (nSPS) is 23.6. The van der Waals surface area contributed by atoms with Crippen LogP contribution in [0.5, 0.6) is 0 Å². The van der Waals surface area contributed by atoms with Crippen LogP contribution in [-0.4, -0.2) is 12.2 Å². The molecule has 2 aromatic carbocycles. The predicted molar refractivity (Wildman–Crippen MR) is 108 cm³/mol. The van der Waals surface area contributed by atoms with Gasteiger partial charge in [-0.15, -0.1) is 0 Å². The van der Waals surface area contributed by atoms with Crippen LogP contribution < -0.4 is 0 Å². The first-order chi connectivity index (χ1) is 14.0. The maximum absolute atomic E-state index is 13.5. The quantitative estimate of drug-likeness (QED) is 0.479. The lowest BCUT2D eigenvalue weighted by Crippen LogP contribution is -2.46. The van der Waals surface area contributed by atoms with E-state index in [1.165, 1.54) is 30.5 Å². The standard InChI is InChI=1S/C25H29F3O/c26-21-8-6-20(7-9-21)24(13-14-29-25(18-24)11-3-4-12-25)10-2-1-5-19-15-22(27)17-23(28)16-19/h6-9,15-17H,1-5,10-14,18H2/t24-/m1/s1. The van der Waals surface area contributed by atoms with Gasteiger partial charge < -0.3 is 4.74 Å². The lowest BCUT2D eigenvalue weighted by atomic mass is 9.65. The van der Waals surface area contributed by atoms with E-state index in [2.05, 4.69) is 0 Å². The minimum absolute atomic E-state index is 0.0104. The van der Waals surface area contributed by atoms with Gasteiger partial charge in [0.25, 0.3) is 0 Å². The molecule has 1 heterocycles. The van der Waals surface area contributed by atoms with E-state index in [1.807, 2.05) is 12.1 Å². The van der Waals surface area contributed by atoms with E-state index >= 15 is 0 Å². The van der Waals surface area contributed by atoms with Crippen molar-refractivity contribution in [1.29, 1.82) is 0 Å². The fourth-order valence-corrected chi connectivity index (χ4v) is 5.51. The zero-order valence-corrected chi connectivity index (χ0v) is 16.9. The summed E-state index contributed by atoms with van der Waals surface area (Å²) in [7, 11) is 0. The molecule has 2 aromatic rings. The van der Waals surface area contributed by atoms with Crippen LogP contribution in [0.3, 0.4) is 0 Å². The van der Waals surface area contributed by atoms with Gasteiger partial charge in [-0.05, 0) is 80.3 Å². The maximum Gasteiger partial charge on any atom is 0.126 e. The van der Waals surface area contributed by atoms with E-state index in [1.54, 1.807) is 12.1 Å². The van der Waals surface area contributed by atoms with Gasteiger partial charge in [-0.3, -0.25) is 0 Å². The molecule has 1 aliphatic carbocycles. The third kappa shape index (κ3) is 4.69. The summed E-state index contributed by atoms with van der Waals surface area (Å²) in [5, 5.41) is 0. The molecule has 1 spiro atoms. The largest absolute Gasteiger partial charge is 0.375 e. The van der Waals surface area contributed by atoms with Crippen molar-refractivity contribution in [2.24, 2.45) is 0 Å². The van der Waals surface area contributed by atoms with Crippen LogP contribution in [0.25, 0.3) is 0 Å². The Morgan fingerprint density at radius 3 is 2.17 bits per heavy atom. The second-order valence-corrected chi connectivity index (χ2v) is 8.94. The zero-order chi connectivity index (χ0) is 20.3. The molecule has 0 amide bonds. The van der Waals surface area contributed by atoms with E-state index in [-0.39, 0.29) is 16.8 Å². The first-order valence-electron chi connectivity index (χ1n) is 10.8. The third-order valence-corrected chi connectivity index (χ3v) is 6.91. The van der Waals surface area contributed by atoms with Crippen LogP contribution in [0, 0.1) is 17.5 Å². The Kier molecular flexibility index (Phi) is 6.00. The topological polar surface area (TPSA) is 9.23 Å². The number of aryl methyl sites for hydroxylation is 1. The minimum Gasteiger partial charge on any atom is -0.375 e. The van der Waals surface area contributed by atoms with Crippen LogP contribution in [-0.2, 0) is 16.6 Å². The molecule has 4 heteroatoms. The van der Waals surface area contributed by atoms with Gasteiger partial charge in [0.05, 0.1) is 5.60 Å². The summed E-state index contributed by atoms with van der Waals surface area (Å²) in [4.78, 5) is 0. The van der Waals surface area contributed by atoms with Gasteiger partial charge in [0.2, 0.25) is 0 Å². The Morgan fingerprint density at radius 1 is 0.793 bits per heavy atom. The van der Waals surface area contributed by atoms with Gasteiger partial charge in [0, 0.05) is 18.1 Å². The minimum atomic E-state index is -0.518. The molecule has 0 radical (unpaired) electrons. The summed E-state index contributed by atoms with van der Waals surface area (Å²) in [5.41, 5.74) is 1.87. The Morgan fingerprint density at radius 2 is 1.48 bits per heavy atom. The summed E-state index contributed by atoms with van der Waals surface area (Å²) in [5.74, 6) is -1.24. The molecule has 1 nitrogen and oxygen atoms in total. The van der Waals surface area contributed by atoms with Crippen molar-refractivity contribution in [2.45, 2.75) is 75.2 Å². The smallest absolute Gasteiger partial charge is 0.126 e. The fraction of sp³-hybridized carbons (Fsp3) is 0.520. The van der Waals surface area contributed by atoms with Crippen LogP contribution >= 0.6 is 0 Å². The number of rotatable bonds is 6. The van der Waals surface area contributed by atoms with Gasteiger partial charge in [0.15, 0.2) is 0 Å². The van der Waals surface area contributed by atoms with Crippen molar-refractivity contribution in [3.8, 4) is 0 Å². The Balaban J connectivity index is 1.47. The van der Waals surface area contributed by atoms with Gasteiger partial charge in [-0.25, -0.2) is 13.2 Å². The highest BCUT2D eigenvalue weighted by Crippen LogP contribution is 2.50. The number of ether oxygens (including phenoxy) is 1. The lowest BCUT2D eigenvalue weighted by Gasteiger charge is -2.47. The third-order valence-electron chi connectivity index (χ3n) is 6.91. The number of hydrogen-bond acceptors (Lipinski definition) is 1. The molecule has 0 N–H and O–H groups in total. The van der Waals surface area contributed by atoms with E-state index in [0.717, 1.165) is 57.6 Å². The fourth-order valence-electron chi connectivity index (χ4n) is 5.51. The highest BCUT2D eigenvalue weighted by atomic mass is 19.1. The first-order valence-corrected chi connectivity index (χ1v) is 10.8. The summed E-state index contributed by atoms with van der Waals surface area (Å²) >= 11 is 0. The van der Waals surface area contributed by atoms with E-state index < -0.39 is 11.6 Å². The lowest BCUT2D eigenvalue weighted by molar-refractivity contribution is -0.104. The summed E-state index contributed by atoms with van der Waals surface area (Å²) in [6, 6.07) is 10.7. The van der Waals surface area contributed by atoms with Gasteiger partial charge in [-0.2, -0.15) is 0 Å². The molecule has 1 atom stereocenters. The second-order valence-electron chi connectivity index (χ2n) is 8.94. The molecule has 0 aromatic heterocycles. The molecule has 0 bridgehead atoms. The average Bonchev–Trinajstić information content (AvgIpc) is 3.12. The molecule has 0 unspecified atom stereocenters.